The highest BCUT2D eigenvalue weighted by Gasteiger charge is 2.85. The predicted octanol–water partition coefficient (Wildman–Crippen LogP) is 2.15. The average Bonchev–Trinajstić information content (AvgIpc) is 3.11. The fourth-order valence-electron chi connectivity index (χ4n) is 5.06. The zero-order valence-electron chi connectivity index (χ0n) is 15.2. The molecule has 1 aromatic rings. The van der Waals surface area contributed by atoms with Gasteiger partial charge in [0, 0.05) is 6.42 Å². The number of imide groups is 1. The molecule has 0 radical (unpaired) electrons. The van der Waals surface area contributed by atoms with Gasteiger partial charge < -0.3 is 9.84 Å². The molecule has 2 amide bonds. The number of anilines is 1. The van der Waals surface area contributed by atoms with Crippen LogP contribution >= 0.6 is 0 Å². The van der Waals surface area contributed by atoms with Crippen LogP contribution in [-0.4, -0.2) is 39.8 Å². The number of aliphatic hydroxyl groups excluding tert-OH is 1. The molecule has 4 rings (SSSR count). The molecule has 2 N–H and O–H groups in total. The summed E-state index contributed by atoms with van der Waals surface area (Å²) in [7, 11) is 0. The lowest BCUT2D eigenvalue weighted by Gasteiger charge is -2.39. The molecule has 1 aromatic carbocycles. The van der Waals surface area contributed by atoms with E-state index in [1.807, 2.05) is 0 Å². The van der Waals surface area contributed by atoms with Crippen molar-refractivity contribution in [1.82, 2.24) is 0 Å². The largest absolute Gasteiger partial charge is 0.417 e. The van der Waals surface area contributed by atoms with Gasteiger partial charge in [0.25, 0.3) is 5.91 Å². The number of carbonyl (C=O) groups is 2. The van der Waals surface area contributed by atoms with E-state index in [1.165, 1.54) is 19.9 Å². The number of hydrogen-bond acceptors (Lipinski definition) is 7. The average molecular weight is 408 g/mol. The Bertz CT molecular complexity index is 1020. The zero-order chi connectivity index (χ0) is 21.6. The number of ether oxygens (including phenoxy) is 1. The third-order valence-corrected chi connectivity index (χ3v) is 6.32. The number of amides is 2. The summed E-state index contributed by atoms with van der Waals surface area (Å²) < 4.78 is 45.8. The highest BCUT2D eigenvalue weighted by atomic mass is 19.4. The maximum absolute atomic E-state index is 13.3. The minimum absolute atomic E-state index is 0.0134. The number of nitrogens with one attached hydrogen (secondary N) is 1. The molecule has 29 heavy (non-hydrogen) atoms. The van der Waals surface area contributed by atoms with Gasteiger partial charge in [-0.05, 0) is 32.0 Å². The molecule has 5 atom stereocenters. The molecule has 0 spiro atoms. The molecule has 3 heterocycles. The lowest BCUT2D eigenvalue weighted by molar-refractivity contribution is -0.138. The number of hydrogen-bond donors (Lipinski definition) is 2. The Morgan fingerprint density at radius 1 is 1.38 bits per heavy atom. The summed E-state index contributed by atoms with van der Waals surface area (Å²) in [5.74, 6) is -3.16. The van der Waals surface area contributed by atoms with Gasteiger partial charge in [-0.15, -0.1) is 0 Å². The highest BCUT2D eigenvalue weighted by molar-refractivity contribution is 6.27. The minimum Gasteiger partial charge on any atom is -0.390 e. The summed E-state index contributed by atoms with van der Waals surface area (Å²) in [5, 5.41) is 22.8. The van der Waals surface area contributed by atoms with Crippen LogP contribution in [0.4, 0.5) is 18.9 Å². The molecule has 3 aliphatic rings. The first kappa shape index (κ1) is 19.5. The van der Waals surface area contributed by atoms with Crippen LogP contribution in [0.25, 0.3) is 0 Å². The lowest BCUT2D eigenvalue weighted by Crippen LogP contribution is -2.62. The molecular weight excluding hydrogens is 393 g/mol. The van der Waals surface area contributed by atoms with Gasteiger partial charge in [-0.1, -0.05) is 0 Å². The van der Waals surface area contributed by atoms with Crippen LogP contribution in [0, 0.1) is 22.8 Å². The van der Waals surface area contributed by atoms with Gasteiger partial charge in [-0.2, -0.15) is 23.5 Å². The SMILES string of the molecule is CC12C[C@@H](O)[C@@](C)(O1)[C@]1(N=N)C(=O)N(c3ccc(C#N)c(C(F)(F)F)c3)C(=O)C21. The second-order valence-corrected chi connectivity index (χ2v) is 7.87. The van der Waals surface area contributed by atoms with Crippen molar-refractivity contribution in [1.29, 1.82) is 10.8 Å². The summed E-state index contributed by atoms with van der Waals surface area (Å²) >= 11 is 0. The molecular formula is C18H15F3N4O4. The van der Waals surface area contributed by atoms with E-state index in [9.17, 15) is 27.9 Å². The Balaban J connectivity index is 1.90. The third kappa shape index (κ3) is 2.05. The van der Waals surface area contributed by atoms with E-state index in [2.05, 4.69) is 5.11 Å². The summed E-state index contributed by atoms with van der Waals surface area (Å²) in [5.41, 5.74) is 0.279. The molecule has 0 aromatic heterocycles. The van der Waals surface area contributed by atoms with Crippen molar-refractivity contribution >= 4 is 17.5 Å². The van der Waals surface area contributed by atoms with Gasteiger partial charge >= 0.3 is 6.18 Å². The number of carbonyl (C=O) groups excluding carboxylic acids is 2. The molecule has 11 heteroatoms. The molecule has 8 nitrogen and oxygen atoms in total. The van der Waals surface area contributed by atoms with Crippen LogP contribution in [0.5, 0.6) is 0 Å². The van der Waals surface area contributed by atoms with E-state index >= 15 is 0 Å². The van der Waals surface area contributed by atoms with E-state index in [4.69, 9.17) is 15.5 Å². The van der Waals surface area contributed by atoms with Gasteiger partial charge in [0.2, 0.25) is 11.4 Å². The number of nitrogens with zero attached hydrogens (tertiary/aromatic N) is 3. The van der Waals surface area contributed by atoms with Crippen molar-refractivity contribution < 1.29 is 32.6 Å². The molecule has 3 saturated heterocycles. The molecule has 3 fully saturated rings. The molecule has 152 valence electrons. The Morgan fingerprint density at radius 3 is 2.59 bits per heavy atom. The topological polar surface area (TPSA) is 127 Å². The smallest absolute Gasteiger partial charge is 0.390 e. The maximum atomic E-state index is 13.3. The quantitative estimate of drug-likeness (QED) is 0.573. The highest BCUT2D eigenvalue weighted by Crippen LogP contribution is 2.64. The standard InChI is InChI=1S/C18H15F3N4O4/c1-15-6-11(26)16(2,29-15)17(24-23)12(15)13(27)25(14(17)28)9-4-3-8(7-22)10(5-9)18(19,20)21/h3-5,11-12,23,26H,6H2,1-2H3/t11-,12?,15?,16-,17-/m1/s1. The fourth-order valence-corrected chi connectivity index (χ4v) is 5.06. The van der Waals surface area contributed by atoms with Crippen LogP contribution in [0.1, 0.15) is 31.4 Å². The summed E-state index contributed by atoms with van der Waals surface area (Å²) in [4.78, 5) is 27.0. The van der Waals surface area contributed by atoms with E-state index in [0.717, 1.165) is 12.1 Å². The van der Waals surface area contributed by atoms with Gasteiger partial charge in [-0.3, -0.25) is 9.59 Å². The van der Waals surface area contributed by atoms with E-state index in [1.54, 1.807) is 0 Å². The predicted molar refractivity (Wildman–Crippen MR) is 88.5 cm³/mol. The Labute approximate surface area is 162 Å². The first-order valence-electron chi connectivity index (χ1n) is 8.64. The molecule has 3 aliphatic heterocycles. The van der Waals surface area contributed by atoms with Crippen molar-refractivity contribution in [2.45, 2.75) is 49.3 Å². The zero-order valence-corrected chi connectivity index (χ0v) is 15.2. The van der Waals surface area contributed by atoms with Gasteiger partial charge in [0.05, 0.1) is 34.6 Å². The van der Waals surface area contributed by atoms with Gasteiger partial charge in [0.1, 0.15) is 11.5 Å². The van der Waals surface area contributed by atoms with Crippen molar-refractivity contribution in [3.63, 3.8) is 0 Å². The Morgan fingerprint density at radius 2 is 2.03 bits per heavy atom. The molecule has 0 aliphatic carbocycles. The van der Waals surface area contributed by atoms with Crippen LogP contribution in [-0.2, 0) is 20.5 Å². The third-order valence-electron chi connectivity index (χ3n) is 6.32. The van der Waals surface area contributed by atoms with Crippen molar-refractivity contribution in [3.8, 4) is 6.07 Å². The van der Waals surface area contributed by atoms with Crippen LogP contribution in [0.2, 0.25) is 0 Å². The van der Waals surface area contributed by atoms with E-state index < -0.39 is 57.9 Å². The second-order valence-electron chi connectivity index (χ2n) is 7.87. The molecule has 2 bridgehead atoms. The Kier molecular flexibility index (Phi) is 3.63. The molecule has 2 unspecified atom stereocenters. The number of halogens is 3. The summed E-state index contributed by atoms with van der Waals surface area (Å²) in [6.07, 6.45) is -6.06. The van der Waals surface area contributed by atoms with E-state index in [0.29, 0.717) is 11.0 Å². The summed E-state index contributed by atoms with van der Waals surface area (Å²) in [6.45, 7) is 2.88. The van der Waals surface area contributed by atoms with Crippen LogP contribution < -0.4 is 4.90 Å². The van der Waals surface area contributed by atoms with Crippen molar-refractivity contribution in [2.75, 3.05) is 4.90 Å². The number of nitriles is 1. The number of rotatable bonds is 2. The van der Waals surface area contributed by atoms with Crippen LogP contribution in [0.15, 0.2) is 23.3 Å². The number of aliphatic hydroxyl groups is 1. The number of benzene rings is 1. The fraction of sp³-hybridized carbons (Fsp3) is 0.500. The normalized spacial score (nSPS) is 38.3. The van der Waals surface area contributed by atoms with E-state index in [-0.39, 0.29) is 12.1 Å². The second kappa shape index (κ2) is 5.40. The monoisotopic (exact) mass is 408 g/mol. The number of alkyl halides is 3. The number of fused-ring (bicyclic) bond motifs is 5. The van der Waals surface area contributed by atoms with Gasteiger partial charge in [0.15, 0.2) is 0 Å². The van der Waals surface area contributed by atoms with Gasteiger partial charge in [-0.25, -0.2) is 10.4 Å². The lowest BCUT2D eigenvalue weighted by atomic mass is 9.62. The van der Waals surface area contributed by atoms with Crippen molar-refractivity contribution in [3.05, 3.63) is 29.3 Å². The minimum atomic E-state index is -4.88. The Hall–Kier alpha value is -2.84. The van der Waals surface area contributed by atoms with Crippen molar-refractivity contribution in [2.24, 2.45) is 11.0 Å². The maximum Gasteiger partial charge on any atom is 0.417 e. The first-order valence-corrected chi connectivity index (χ1v) is 8.64. The summed E-state index contributed by atoms with van der Waals surface area (Å²) in [6, 6.07) is 3.92. The molecule has 0 saturated carbocycles. The first-order chi connectivity index (χ1) is 13.4. The van der Waals surface area contributed by atoms with Crippen LogP contribution in [0.3, 0.4) is 0 Å².